The first-order valence-corrected chi connectivity index (χ1v) is 9.03. The highest BCUT2D eigenvalue weighted by molar-refractivity contribution is 6.15. The smallest absolute Gasteiger partial charge is 0.310 e. The van der Waals surface area contributed by atoms with Gasteiger partial charge in [0.2, 0.25) is 0 Å². The minimum absolute atomic E-state index is 0.442. The maximum absolute atomic E-state index is 11.2. The maximum Gasteiger partial charge on any atom is 0.310 e. The zero-order valence-corrected chi connectivity index (χ0v) is 14.5. The van der Waals surface area contributed by atoms with Crippen LogP contribution in [-0.4, -0.2) is 27.0 Å². The standard InChI is InChI=1S/C21H21N3O2/c25-21(26)16-8-6-15(7-9-16)20(14-4-2-1-3-5-14)23-18-10-11-19-17(12-18)13-22-24-19/h4,6-8,10-13,16H,1-3,5,9H2,(H,22,24)(H,25,26). The molecule has 0 amide bonds. The fraction of sp³-hybridized carbons (Fsp3) is 0.286. The van der Waals surface area contributed by atoms with Gasteiger partial charge in [0.25, 0.3) is 0 Å². The van der Waals surface area contributed by atoms with Gasteiger partial charge in [0, 0.05) is 5.39 Å². The van der Waals surface area contributed by atoms with Crippen molar-refractivity contribution in [2.75, 3.05) is 0 Å². The lowest BCUT2D eigenvalue weighted by Crippen LogP contribution is -2.15. The Balaban J connectivity index is 1.72. The van der Waals surface area contributed by atoms with Gasteiger partial charge in [0.05, 0.1) is 29.0 Å². The first kappa shape index (κ1) is 16.5. The van der Waals surface area contributed by atoms with Crippen LogP contribution in [0.5, 0.6) is 0 Å². The second kappa shape index (κ2) is 7.12. The van der Waals surface area contributed by atoms with Crippen molar-refractivity contribution in [1.82, 2.24) is 10.2 Å². The Hall–Kier alpha value is -2.95. The molecular formula is C21H21N3O2. The number of aromatic nitrogens is 2. The third kappa shape index (κ3) is 3.38. The molecule has 0 bridgehead atoms. The van der Waals surface area contributed by atoms with Crippen molar-refractivity contribution < 1.29 is 9.90 Å². The van der Waals surface area contributed by atoms with Crippen LogP contribution in [0.2, 0.25) is 0 Å². The summed E-state index contributed by atoms with van der Waals surface area (Å²) < 4.78 is 0. The number of hydrogen-bond acceptors (Lipinski definition) is 3. The number of nitrogens with one attached hydrogen (secondary N) is 1. The van der Waals surface area contributed by atoms with Crippen LogP contribution in [0.15, 0.2) is 64.8 Å². The third-order valence-electron chi connectivity index (χ3n) is 4.95. The highest BCUT2D eigenvalue weighted by Gasteiger charge is 2.20. The van der Waals surface area contributed by atoms with E-state index in [-0.39, 0.29) is 0 Å². The van der Waals surface area contributed by atoms with Crippen LogP contribution in [-0.2, 0) is 4.79 Å². The fourth-order valence-electron chi connectivity index (χ4n) is 3.48. The number of aromatic amines is 1. The van der Waals surface area contributed by atoms with Crippen molar-refractivity contribution in [3.8, 4) is 0 Å². The number of H-pyrrole nitrogens is 1. The number of carboxylic acids is 1. The summed E-state index contributed by atoms with van der Waals surface area (Å²) in [6.45, 7) is 0. The summed E-state index contributed by atoms with van der Waals surface area (Å²) in [4.78, 5) is 16.1. The molecule has 1 heterocycles. The van der Waals surface area contributed by atoms with E-state index in [2.05, 4.69) is 16.3 Å². The van der Waals surface area contributed by atoms with Crippen LogP contribution >= 0.6 is 0 Å². The van der Waals surface area contributed by atoms with E-state index in [0.717, 1.165) is 40.7 Å². The molecule has 5 heteroatoms. The van der Waals surface area contributed by atoms with E-state index >= 15 is 0 Å². The monoisotopic (exact) mass is 347 g/mol. The van der Waals surface area contributed by atoms with E-state index in [1.807, 2.05) is 30.4 Å². The van der Waals surface area contributed by atoms with E-state index in [9.17, 15) is 9.90 Å². The van der Waals surface area contributed by atoms with E-state index in [0.29, 0.717) is 6.42 Å². The van der Waals surface area contributed by atoms with Gasteiger partial charge in [-0.2, -0.15) is 5.10 Å². The first-order valence-electron chi connectivity index (χ1n) is 9.03. The van der Waals surface area contributed by atoms with Crippen LogP contribution in [0.4, 0.5) is 5.69 Å². The second-order valence-corrected chi connectivity index (χ2v) is 6.78. The molecule has 1 atom stereocenters. The molecule has 132 valence electrons. The average Bonchev–Trinajstić information content (AvgIpc) is 3.15. The molecule has 0 saturated carbocycles. The van der Waals surface area contributed by atoms with Gasteiger partial charge in [-0.1, -0.05) is 24.3 Å². The molecule has 2 N–H and O–H groups in total. The van der Waals surface area contributed by atoms with Gasteiger partial charge in [-0.3, -0.25) is 9.89 Å². The molecule has 0 radical (unpaired) electrons. The molecule has 2 aliphatic rings. The van der Waals surface area contributed by atoms with Crippen LogP contribution < -0.4 is 0 Å². The Morgan fingerprint density at radius 2 is 2.19 bits per heavy atom. The van der Waals surface area contributed by atoms with Gasteiger partial charge in [0.15, 0.2) is 0 Å². The lowest BCUT2D eigenvalue weighted by atomic mass is 9.88. The Labute approximate surface area is 151 Å². The summed E-state index contributed by atoms with van der Waals surface area (Å²) in [5.41, 5.74) is 5.11. The maximum atomic E-state index is 11.2. The van der Waals surface area contributed by atoms with Gasteiger partial charge < -0.3 is 5.11 Å². The highest BCUT2D eigenvalue weighted by Crippen LogP contribution is 2.29. The Bertz CT molecular complexity index is 963. The molecule has 1 unspecified atom stereocenters. The summed E-state index contributed by atoms with van der Waals surface area (Å²) in [5, 5.41) is 17.2. The van der Waals surface area contributed by atoms with Gasteiger partial charge >= 0.3 is 5.97 Å². The number of aliphatic imine (C=N–C) groups is 1. The molecule has 0 fully saturated rings. The van der Waals surface area contributed by atoms with Crippen molar-refractivity contribution in [2.24, 2.45) is 10.9 Å². The predicted octanol–water partition coefficient (Wildman–Crippen LogP) is 4.72. The second-order valence-electron chi connectivity index (χ2n) is 6.78. The first-order chi connectivity index (χ1) is 12.7. The predicted molar refractivity (Wildman–Crippen MR) is 103 cm³/mol. The Morgan fingerprint density at radius 3 is 2.92 bits per heavy atom. The quantitative estimate of drug-likeness (QED) is 0.785. The van der Waals surface area contributed by atoms with Gasteiger partial charge in [-0.05, 0) is 61.4 Å². The Kier molecular flexibility index (Phi) is 4.52. The topological polar surface area (TPSA) is 78.3 Å². The summed E-state index contributed by atoms with van der Waals surface area (Å²) in [6.07, 6.45) is 14.7. The third-order valence-corrected chi connectivity index (χ3v) is 4.95. The van der Waals surface area contributed by atoms with Crippen molar-refractivity contribution in [1.29, 1.82) is 0 Å². The lowest BCUT2D eigenvalue weighted by Gasteiger charge is -2.19. The molecule has 0 spiro atoms. The molecule has 0 aliphatic heterocycles. The summed E-state index contributed by atoms with van der Waals surface area (Å²) in [7, 11) is 0. The molecule has 26 heavy (non-hydrogen) atoms. The largest absolute Gasteiger partial charge is 0.481 e. The van der Waals surface area contributed by atoms with Gasteiger partial charge in [-0.15, -0.1) is 0 Å². The molecule has 2 aliphatic carbocycles. The molecule has 1 aromatic heterocycles. The van der Waals surface area contributed by atoms with E-state index in [1.54, 1.807) is 12.3 Å². The number of rotatable bonds is 4. The number of allylic oxidation sites excluding steroid dienone is 5. The zero-order chi connectivity index (χ0) is 17.9. The molecular weight excluding hydrogens is 326 g/mol. The number of carboxylic acid groups (broad SMARTS) is 1. The highest BCUT2D eigenvalue weighted by atomic mass is 16.4. The minimum atomic E-state index is -0.780. The van der Waals surface area contributed by atoms with Crippen molar-refractivity contribution in [3.05, 3.63) is 59.8 Å². The minimum Gasteiger partial charge on any atom is -0.481 e. The van der Waals surface area contributed by atoms with E-state index in [1.165, 1.54) is 18.4 Å². The number of fused-ring (bicyclic) bond motifs is 1. The van der Waals surface area contributed by atoms with Crippen molar-refractivity contribution >= 4 is 28.3 Å². The number of carbonyl (C=O) groups is 1. The summed E-state index contributed by atoms with van der Waals surface area (Å²) >= 11 is 0. The Morgan fingerprint density at radius 1 is 1.27 bits per heavy atom. The van der Waals surface area contributed by atoms with Crippen LogP contribution in [0.25, 0.3) is 10.9 Å². The van der Waals surface area contributed by atoms with Crippen molar-refractivity contribution in [2.45, 2.75) is 32.1 Å². The van der Waals surface area contributed by atoms with E-state index < -0.39 is 11.9 Å². The van der Waals surface area contributed by atoms with Crippen LogP contribution in [0, 0.1) is 5.92 Å². The molecule has 5 nitrogen and oxygen atoms in total. The van der Waals surface area contributed by atoms with E-state index in [4.69, 9.17) is 4.99 Å². The molecule has 0 saturated heterocycles. The van der Waals surface area contributed by atoms with Gasteiger partial charge in [0.1, 0.15) is 0 Å². The van der Waals surface area contributed by atoms with Gasteiger partial charge in [-0.25, -0.2) is 4.99 Å². The number of aliphatic carboxylic acids is 1. The zero-order valence-electron chi connectivity index (χ0n) is 14.5. The number of nitrogens with zero attached hydrogens (tertiary/aromatic N) is 2. The SMILES string of the molecule is O=C(O)C1C=CC(C(=Nc2ccc3[nH]ncc3c2)C2=CCCCC2)=CC1. The number of benzene rings is 1. The van der Waals surface area contributed by atoms with Crippen LogP contribution in [0.1, 0.15) is 32.1 Å². The normalized spacial score (nSPS) is 20.8. The molecule has 1 aromatic carbocycles. The fourth-order valence-corrected chi connectivity index (χ4v) is 3.48. The molecule has 4 rings (SSSR count). The number of hydrogen-bond donors (Lipinski definition) is 2. The van der Waals surface area contributed by atoms with Crippen LogP contribution in [0.3, 0.4) is 0 Å². The summed E-state index contributed by atoms with van der Waals surface area (Å²) in [5.74, 6) is -1.22. The lowest BCUT2D eigenvalue weighted by molar-refractivity contribution is -0.139. The molecule has 2 aromatic rings. The summed E-state index contributed by atoms with van der Waals surface area (Å²) in [6, 6.07) is 5.99. The van der Waals surface area contributed by atoms with Crippen molar-refractivity contribution in [3.63, 3.8) is 0 Å². The average molecular weight is 347 g/mol.